The fourth-order valence-corrected chi connectivity index (χ4v) is 4.61. The number of amides is 1. The molecular weight excluding hydrogens is 478 g/mol. The molecule has 0 atom stereocenters. The lowest BCUT2D eigenvalue weighted by molar-refractivity contribution is 0.0240. The zero-order valence-corrected chi connectivity index (χ0v) is 22.0. The van der Waals surface area contributed by atoms with E-state index < -0.39 is 13.7 Å². The van der Waals surface area contributed by atoms with Crippen LogP contribution in [0.15, 0.2) is 17.0 Å². The smallest absolute Gasteiger partial charge is 0.410 e. The Labute approximate surface area is 194 Å². The third-order valence-corrected chi connectivity index (χ3v) is 7.32. The van der Waals surface area contributed by atoms with Crippen molar-refractivity contribution in [1.82, 2.24) is 19.4 Å². The Kier molecular flexibility index (Phi) is 7.32. The molecule has 1 aliphatic rings. The highest BCUT2D eigenvalue weighted by Gasteiger charge is 2.27. The largest absolute Gasteiger partial charge is 0.444 e. The van der Waals surface area contributed by atoms with E-state index in [4.69, 9.17) is 9.47 Å². The first-order valence-electron chi connectivity index (χ1n) is 10.7. The van der Waals surface area contributed by atoms with E-state index in [0.29, 0.717) is 32.9 Å². The lowest BCUT2D eigenvalue weighted by atomic mass is 10.2. The zero-order chi connectivity index (χ0) is 22.8. The van der Waals surface area contributed by atoms with Crippen molar-refractivity contribution < 1.29 is 14.3 Å². The number of imidazole rings is 1. The maximum atomic E-state index is 12.3. The van der Waals surface area contributed by atoms with E-state index in [9.17, 15) is 4.79 Å². The number of halogens is 1. The number of carbonyl (C=O) groups is 1. The summed E-state index contributed by atoms with van der Waals surface area (Å²) in [5, 5.41) is 0. The molecule has 3 heterocycles. The Morgan fingerprint density at radius 2 is 1.84 bits per heavy atom. The van der Waals surface area contributed by atoms with Crippen molar-refractivity contribution >= 4 is 46.9 Å². The van der Waals surface area contributed by atoms with Gasteiger partial charge in [-0.05, 0) is 42.7 Å². The molecule has 0 N–H and O–H groups in total. The zero-order valence-electron chi connectivity index (χ0n) is 19.4. The molecule has 1 aliphatic heterocycles. The molecular formula is C21H34BrN5O3Si. The first-order chi connectivity index (χ1) is 14.4. The summed E-state index contributed by atoms with van der Waals surface area (Å²) in [6.45, 7) is 16.5. The molecule has 0 unspecified atom stereocenters. The van der Waals surface area contributed by atoms with Crippen LogP contribution < -0.4 is 4.90 Å². The molecule has 0 aromatic carbocycles. The van der Waals surface area contributed by atoms with E-state index in [1.807, 2.05) is 37.9 Å². The van der Waals surface area contributed by atoms with Crippen molar-refractivity contribution in [2.45, 2.75) is 58.8 Å². The average molecular weight is 513 g/mol. The molecule has 31 heavy (non-hydrogen) atoms. The standard InChI is InChI=1S/C21H34BrN5O3Si/c1-21(2,3)30-20(28)26-9-7-25(8-10-26)19-17-18(16(22)13-23-19)27(14-24-17)15-29-11-12-31(4,5)6/h13-14H,7-12,15H2,1-6H3. The summed E-state index contributed by atoms with van der Waals surface area (Å²) >= 11 is 3.62. The van der Waals surface area contributed by atoms with Gasteiger partial charge in [-0.2, -0.15) is 0 Å². The van der Waals surface area contributed by atoms with Crippen molar-refractivity contribution in [2.24, 2.45) is 0 Å². The molecule has 0 saturated carbocycles. The second-order valence-corrected chi connectivity index (χ2v) is 16.6. The minimum atomic E-state index is -1.12. The minimum absolute atomic E-state index is 0.263. The normalized spacial score (nSPS) is 15.6. The maximum Gasteiger partial charge on any atom is 0.410 e. The molecule has 1 fully saturated rings. The van der Waals surface area contributed by atoms with Crippen LogP contribution >= 0.6 is 15.9 Å². The molecule has 0 radical (unpaired) electrons. The number of rotatable bonds is 6. The Hall–Kier alpha value is -1.65. The van der Waals surface area contributed by atoms with E-state index in [2.05, 4.69) is 50.4 Å². The summed E-state index contributed by atoms with van der Waals surface area (Å²) in [4.78, 5) is 25.5. The van der Waals surface area contributed by atoms with E-state index in [0.717, 1.165) is 34.0 Å². The van der Waals surface area contributed by atoms with E-state index in [1.165, 1.54) is 0 Å². The molecule has 2 aromatic rings. The molecule has 2 aromatic heterocycles. The molecule has 8 nitrogen and oxygen atoms in total. The molecule has 0 aliphatic carbocycles. The fourth-order valence-electron chi connectivity index (χ4n) is 3.33. The number of hydrogen-bond acceptors (Lipinski definition) is 6. The highest BCUT2D eigenvalue weighted by atomic mass is 79.9. The van der Waals surface area contributed by atoms with Crippen LogP contribution in [0.25, 0.3) is 11.0 Å². The predicted molar refractivity (Wildman–Crippen MR) is 129 cm³/mol. The molecule has 1 saturated heterocycles. The van der Waals surface area contributed by atoms with Gasteiger partial charge < -0.3 is 23.8 Å². The summed E-state index contributed by atoms with van der Waals surface area (Å²) in [5.74, 6) is 0.836. The van der Waals surface area contributed by atoms with Crippen LogP contribution in [-0.4, -0.2) is 72.0 Å². The van der Waals surface area contributed by atoms with Gasteiger partial charge in [-0.15, -0.1) is 0 Å². The second kappa shape index (κ2) is 9.46. The van der Waals surface area contributed by atoms with Gasteiger partial charge in [0, 0.05) is 47.1 Å². The number of piperazine rings is 1. The Bertz CT molecular complexity index is 914. The van der Waals surface area contributed by atoms with E-state index in [-0.39, 0.29) is 6.09 Å². The van der Waals surface area contributed by atoms with Gasteiger partial charge in [-0.25, -0.2) is 14.8 Å². The Morgan fingerprint density at radius 1 is 1.16 bits per heavy atom. The molecule has 1 amide bonds. The van der Waals surface area contributed by atoms with Crippen molar-refractivity contribution in [3.8, 4) is 0 Å². The summed E-state index contributed by atoms with van der Waals surface area (Å²) in [6.07, 6.45) is 3.37. The maximum absolute atomic E-state index is 12.3. The lowest BCUT2D eigenvalue weighted by Gasteiger charge is -2.36. The van der Waals surface area contributed by atoms with Crippen LogP contribution in [-0.2, 0) is 16.2 Å². The molecule has 3 rings (SSSR count). The number of fused-ring (bicyclic) bond motifs is 1. The van der Waals surface area contributed by atoms with Crippen molar-refractivity contribution in [3.63, 3.8) is 0 Å². The predicted octanol–water partition coefficient (Wildman–Crippen LogP) is 4.56. The number of ether oxygens (including phenoxy) is 2. The van der Waals surface area contributed by atoms with Gasteiger partial charge in [-0.1, -0.05) is 19.6 Å². The number of pyridine rings is 1. The molecule has 10 heteroatoms. The van der Waals surface area contributed by atoms with Gasteiger partial charge >= 0.3 is 6.09 Å². The Balaban J connectivity index is 1.68. The van der Waals surface area contributed by atoms with Crippen LogP contribution in [0.3, 0.4) is 0 Å². The lowest BCUT2D eigenvalue weighted by Crippen LogP contribution is -2.50. The van der Waals surface area contributed by atoms with Gasteiger partial charge in [0.25, 0.3) is 0 Å². The van der Waals surface area contributed by atoms with E-state index in [1.54, 1.807) is 4.90 Å². The number of hydrogen-bond donors (Lipinski definition) is 0. The number of aromatic nitrogens is 3. The summed E-state index contributed by atoms with van der Waals surface area (Å²) in [6, 6.07) is 1.13. The molecule has 0 bridgehead atoms. The second-order valence-electron chi connectivity index (χ2n) is 10.1. The Morgan fingerprint density at radius 3 is 2.45 bits per heavy atom. The highest BCUT2D eigenvalue weighted by Crippen LogP contribution is 2.30. The third-order valence-electron chi connectivity index (χ3n) is 5.03. The molecule has 0 spiro atoms. The van der Waals surface area contributed by atoms with Gasteiger partial charge in [0.2, 0.25) is 0 Å². The van der Waals surface area contributed by atoms with Crippen molar-refractivity contribution in [1.29, 1.82) is 0 Å². The van der Waals surface area contributed by atoms with Crippen LogP contribution in [0.5, 0.6) is 0 Å². The number of anilines is 1. The molecule has 172 valence electrons. The number of nitrogens with zero attached hydrogens (tertiary/aromatic N) is 5. The summed E-state index contributed by atoms with van der Waals surface area (Å²) < 4.78 is 14.3. The van der Waals surface area contributed by atoms with Crippen LogP contribution in [0.1, 0.15) is 20.8 Å². The third kappa shape index (κ3) is 6.42. The monoisotopic (exact) mass is 511 g/mol. The van der Waals surface area contributed by atoms with Crippen LogP contribution in [0.2, 0.25) is 25.7 Å². The topological polar surface area (TPSA) is 72.7 Å². The van der Waals surface area contributed by atoms with Crippen molar-refractivity contribution in [3.05, 3.63) is 17.0 Å². The fraction of sp³-hybridized carbons (Fsp3) is 0.667. The SMILES string of the molecule is CC(C)(C)OC(=O)N1CCN(c2ncc(Br)c3c2ncn3COCC[Si](C)(C)C)CC1. The summed E-state index contributed by atoms with van der Waals surface area (Å²) in [5.41, 5.74) is 1.33. The first kappa shape index (κ1) is 24.0. The van der Waals surface area contributed by atoms with Crippen molar-refractivity contribution in [2.75, 3.05) is 37.7 Å². The quantitative estimate of drug-likeness (QED) is 0.417. The highest BCUT2D eigenvalue weighted by molar-refractivity contribution is 9.10. The minimum Gasteiger partial charge on any atom is -0.444 e. The summed E-state index contributed by atoms with van der Waals surface area (Å²) in [7, 11) is -1.12. The van der Waals surface area contributed by atoms with Gasteiger partial charge in [0.15, 0.2) is 5.82 Å². The van der Waals surface area contributed by atoms with Gasteiger partial charge in [-0.3, -0.25) is 0 Å². The van der Waals surface area contributed by atoms with Crippen LogP contribution in [0.4, 0.5) is 10.6 Å². The van der Waals surface area contributed by atoms with Gasteiger partial charge in [0.1, 0.15) is 17.8 Å². The van der Waals surface area contributed by atoms with Gasteiger partial charge in [0.05, 0.1) is 16.3 Å². The number of carbonyl (C=O) groups excluding carboxylic acids is 1. The van der Waals surface area contributed by atoms with E-state index >= 15 is 0 Å². The first-order valence-corrected chi connectivity index (χ1v) is 15.2. The van der Waals surface area contributed by atoms with Crippen LogP contribution in [0, 0.1) is 0 Å². The average Bonchev–Trinajstić information content (AvgIpc) is 3.08.